The molecule has 0 spiro atoms. The van der Waals surface area contributed by atoms with Gasteiger partial charge in [0, 0.05) is 23.2 Å². The molecule has 1 fully saturated rings. The van der Waals surface area contributed by atoms with Gasteiger partial charge in [-0.25, -0.2) is 9.97 Å². The number of hydrogen-bond acceptors (Lipinski definition) is 10. The van der Waals surface area contributed by atoms with Gasteiger partial charge in [0.1, 0.15) is 47.4 Å². The van der Waals surface area contributed by atoms with Crippen LogP contribution in [0.15, 0.2) is 54.9 Å². The van der Waals surface area contributed by atoms with Gasteiger partial charge < -0.3 is 35.8 Å². The fourth-order valence-electron chi connectivity index (χ4n) is 5.29. The molecule has 2 aromatic heterocycles. The maximum absolute atomic E-state index is 11.3. The molecule has 12 heteroatoms. The maximum Gasteiger partial charge on any atom is 0.167 e. The Balaban J connectivity index is 1.54. The summed E-state index contributed by atoms with van der Waals surface area (Å²) in [4.78, 5) is 8.40. The number of benzene rings is 2. The van der Waals surface area contributed by atoms with Crippen molar-refractivity contribution in [3.05, 3.63) is 66.1 Å². The van der Waals surface area contributed by atoms with Crippen molar-refractivity contribution >= 4 is 34.1 Å². The first-order valence-electron chi connectivity index (χ1n) is 13.6. The number of unbranched alkanes of at least 4 members (excludes halogenated alkanes) is 1. The zero-order valence-corrected chi connectivity index (χ0v) is 23.8. The number of rotatable bonds is 11. The molecule has 6 N–H and O–H groups in total. The molecule has 0 bridgehead atoms. The van der Waals surface area contributed by atoms with E-state index in [2.05, 4.69) is 21.4 Å². The topological polar surface area (TPSA) is 172 Å². The van der Waals surface area contributed by atoms with Gasteiger partial charge in [-0.15, -0.1) is 11.6 Å². The summed E-state index contributed by atoms with van der Waals surface area (Å²) in [6.45, 7) is 1.51. The van der Waals surface area contributed by atoms with Crippen molar-refractivity contribution < 1.29 is 24.8 Å². The number of ether oxygens (including phenoxy) is 2. The number of nitrogens with two attached hydrogens (primary N) is 1. The van der Waals surface area contributed by atoms with Crippen molar-refractivity contribution in [1.29, 1.82) is 5.26 Å². The molecule has 1 saturated heterocycles. The Hall–Kier alpha value is -3.92. The first-order valence-corrected chi connectivity index (χ1v) is 14.2. The van der Waals surface area contributed by atoms with E-state index in [0.29, 0.717) is 35.0 Å². The highest BCUT2D eigenvalue weighted by atomic mass is 35.5. The summed E-state index contributed by atoms with van der Waals surface area (Å²) in [6.07, 6.45) is -0.706. The van der Waals surface area contributed by atoms with Gasteiger partial charge >= 0.3 is 0 Å². The molecule has 4 aromatic rings. The first kappa shape index (κ1) is 29.6. The van der Waals surface area contributed by atoms with Crippen LogP contribution in [-0.2, 0) is 11.3 Å². The fraction of sp³-hybridized carbons (Fsp3) is 0.367. The number of aromatic nitrogens is 3. The van der Waals surface area contributed by atoms with Crippen LogP contribution in [0.5, 0.6) is 5.75 Å². The van der Waals surface area contributed by atoms with Crippen molar-refractivity contribution in [3.63, 3.8) is 0 Å². The van der Waals surface area contributed by atoms with Crippen molar-refractivity contribution in [1.82, 2.24) is 14.5 Å². The second-order valence-corrected chi connectivity index (χ2v) is 10.7. The molecule has 0 unspecified atom stereocenters. The van der Waals surface area contributed by atoms with Crippen LogP contribution in [0.1, 0.15) is 37.3 Å². The number of halogens is 1. The monoisotopic (exact) mass is 592 g/mol. The molecule has 0 radical (unpaired) electrons. The molecule has 5 rings (SSSR count). The maximum atomic E-state index is 11.3. The van der Waals surface area contributed by atoms with Crippen molar-refractivity contribution in [2.45, 2.75) is 50.3 Å². The van der Waals surface area contributed by atoms with E-state index in [4.69, 9.17) is 26.8 Å². The number of aliphatic hydroxyl groups is 3. The van der Waals surface area contributed by atoms with Crippen LogP contribution >= 0.6 is 11.6 Å². The Morgan fingerprint density at radius 2 is 2.00 bits per heavy atom. The van der Waals surface area contributed by atoms with E-state index in [9.17, 15) is 20.6 Å². The van der Waals surface area contributed by atoms with Crippen LogP contribution in [0.4, 0.5) is 11.5 Å². The molecule has 2 aromatic carbocycles. The molecule has 42 heavy (non-hydrogen) atoms. The summed E-state index contributed by atoms with van der Waals surface area (Å²) in [5.41, 5.74) is 7.89. The summed E-state index contributed by atoms with van der Waals surface area (Å²) in [5.74, 6) is 1.34. The third-order valence-corrected chi connectivity index (χ3v) is 7.77. The van der Waals surface area contributed by atoms with Crippen LogP contribution in [0, 0.1) is 11.3 Å². The first-order chi connectivity index (χ1) is 20.3. The summed E-state index contributed by atoms with van der Waals surface area (Å²) >= 11 is 5.84. The standard InChI is InChI=1S/C30H33ClN6O5/c1-30(40)26(39)24(16-38)42-29(30)37-22(21(14-32)25-27(33)35-17-36-28(25)37)15-34-19-9-10-20(18-7-3-2-4-8-18)23(13-19)41-12-6-5-11-31/h2-4,7-10,13,17,24,26,29,34,38-40H,5-6,11-12,15-16H2,1H3,(H2,33,35,36)/t24-,26-,29-,30-/m1/s1. The number of fused-ring (bicyclic) bond motifs is 1. The minimum absolute atomic E-state index is 0.0910. The van der Waals surface area contributed by atoms with Gasteiger partial charge in [0.05, 0.1) is 36.4 Å². The lowest BCUT2D eigenvalue weighted by atomic mass is 9.96. The lowest BCUT2D eigenvalue weighted by Crippen LogP contribution is -2.44. The average molecular weight is 593 g/mol. The van der Waals surface area contributed by atoms with Crippen LogP contribution in [0.2, 0.25) is 0 Å². The summed E-state index contributed by atoms with van der Waals surface area (Å²) in [6, 6.07) is 17.9. The zero-order chi connectivity index (χ0) is 29.9. The van der Waals surface area contributed by atoms with Crippen molar-refractivity contribution in [2.24, 2.45) is 0 Å². The van der Waals surface area contributed by atoms with Gasteiger partial charge in [0.2, 0.25) is 0 Å². The highest BCUT2D eigenvalue weighted by Crippen LogP contribution is 2.43. The number of anilines is 2. The van der Waals surface area contributed by atoms with Crippen LogP contribution in [0.3, 0.4) is 0 Å². The fourth-order valence-corrected chi connectivity index (χ4v) is 5.48. The van der Waals surface area contributed by atoms with E-state index in [1.54, 1.807) is 4.57 Å². The molecule has 4 atom stereocenters. The molecule has 3 heterocycles. The predicted octanol–water partition coefficient (Wildman–Crippen LogP) is 3.56. The molecule has 220 valence electrons. The molecule has 0 aliphatic carbocycles. The quantitative estimate of drug-likeness (QED) is 0.128. The van der Waals surface area contributed by atoms with Crippen LogP contribution in [0.25, 0.3) is 22.2 Å². The van der Waals surface area contributed by atoms with Gasteiger partial charge in [0.25, 0.3) is 0 Å². The second kappa shape index (κ2) is 12.5. The number of nitrogens with zero attached hydrogens (tertiary/aromatic N) is 4. The highest BCUT2D eigenvalue weighted by Gasteiger charge is 2.54. The van der Waals surface area contributed by atoms with Crippen LogP contribution < -0.4 is 15.8 Å². The van der Waals surface area contributed by atoms with Crippen molar-refractivity contribution in [3.8, 4) is 22.9 Å². The average Bonchev–Trinajstić information content (AvgIpc) is 3.44. The molecule has 0 saturated carbocycles. The van der Waals surface area contributed by atoms with Gasteiger partial charge in [0.15, 0.2) is 6.23 Å². The van der Waals surface area contributed by atoms with Crippen molar-refractivity contribution in [2.75, 3.05) is 30.1 Å². The minimum Gasteiger partial charge on any atom is -0.493 e. The summed E-state index contributed by atoms with van der Waals surface area (Å²) < 4.78 is 13.6. The third-order valence-electron chi connectivity index (χ3n) is 7.51. The Bertz CT molecular complexity index is 1590. The van der Waals surface area contributed by atoms with E-state index in [-0.39, 0.29) is 23.6 Å². The Kier molecular flexibility index (Phi) is 8.82. The molecule has 1 aliphatic rings. The molecular formula is C30H33ClN6O5. The van der Waals surface area contributed by atoms with Gasteiger partial charge in [-0.2, -0.15) is 5.26 Å². The third kappa shape index (κ3) is 5.47. The van der Waals surface area contributed by atoms with E-state index >= 15 is 0 Å². The van der Waals surface area contributed by atoms with E-state index < -0.39 is 30.6 Å². The molecule has 11 nitrogen and oxygen atoms in total. The van der Waals surface area contributed by atoms with Crippen LogP contribution in [-0.4, -0.2) is 66.8 Å². The van der Waals surface area contributed by atoms with Gasteiger partial charge in [-0.1, -0.05) is 30.3 Å². The second-order valence-electron chi connectivity index (χ2n) is 10.3. The predicted molar refractivity (Wildman–Crippen MR) is 159 cm³/mol. The molecule has 0 amide bonds. The lowest BCUT2D eigenvalue weighted by Gasteiger charge is -2.29. The SMILES string of the molecule is C[C@@]1(O)[C@H](O)[C@@H](CO)O[C@H]1n1c(CNc2ccc(-c3ccccc3)c(OCCCCCl)c2)c(C#N)c2c(N)ncnc21. The number of hydrogen-bond donors (Lipinski definition) is 5. The van der Waals surface area contributed by atoms with E-state index in [1.807, 2.05) is 48.5 Å². The van der Waals surface area contributed by atoms with Gasteiger partial charge in [-0.3, -0.25) is 4.57 Å². The number of alkyl halides is 1. The lowest BCUT2D eigenvalue weighted by molar-refractivity contribution is -0.0957. The number of nitrogens with one attached hydrogen (secondary N) is 1. The van der Waals surface area contributed by atoms with E-state index in [1.165, 1.54) is 13.3 Å². The Morgan fingerprint density at radius 1 is 1.21 bits per heavy atom. The largest absolute Gasteiger partial charge is 0.493 e. The highest BCUT2D eigenvalue weighted by molar-refractivity contribution is 6.17. The number of nitriles is 1. The Labute approximate surface area is 248 Å². The smallest absolute Gasteiger partial charge is 0.167 e. The molecule has 1 aliphatic heterocycles. The van der Waals surface area contributed by atoms with E-state index in [0.717, 1.165) is 24.0 Å². The summed E-state index contributed by atoms with van der Waals surface area (Å²) in [7, 11) is 0. The number of aliphatic hydroxyl groups excluding tert-OH is 2. The van der Waals surface area contributed by atoms with Gasteiger partial charge in [-0.05, 0) is 37.5 Å². The minimum atomic E-state index is -1.82. The Morgan fingerprint density at radius 3 is 2.69 bits per heavy atom. The number of nitrogen functional groups attached to an aromatic ring is 1. The molecular weight excluding hydrogens is 560 g/mol. The normalized spacial score (nSPS) is 21.9. The summed E-state index contributed by atoms with van der Waals surface area (Å²) in [5, 5.41) is 45.6. The zero-order valence-electron chi connectivity index (χ0n) is 23.1.